The van der Waals surface area contributed by atoms with Gasteiger partial charge in [0.1, 0.15) is 0 Å². The van der Waals surface area contributed by atoms with Crippen molar-refractivity contribution in [3.63, 3.8) is 0 Å². The van der Waals surface area contributed by atoms with Crippen molar-refractivity contribution in [2.45, 2.75) is 45.5 Å². The van der Waals surface area contributed by atoms with Crippen molar-refractivity contribution in [1.29, 1.82) is 0 Å². The Bertz CT molecular complexity index is 606. The summed E-state index contributed by atoms with van der Waals surface area (Å²) >= 11 is 0. The fourth-order valence-corrected chi connectivity index (χ4v) is 4.48. The third-order valence-electron chi connectivity index (χ3n) is 4.98. The zero-order valence-corrected chi connectivity index (χ0v) is 17.1. The molecule has 1 saturated carbocycles. The molecule has 0 aliphatic heterocycles. The summed E-state index contributed by atoms with van der Waals surface area (Å²) in [6, 6.07) is 5.08. The maximum Gasteiger partial charge on any atom is 0.223 e. The molecular weight excluding hydrogens is 324 g/mol. The highest BCUT2D eigenvalue weighted by atomic mass is 28.3. The molecule has 136 valence electrons. The van der Waals surface area contributed by atoms with E-state index in [0.717, 1.165) is 25.1 Å². The molecule has 0 saturated heterocycles. The number of carbonyl (C=O) groups excluding carboxylic acids is 1. The summed E-state index contributed by atoms with van der Waals surface area (Å²) in [5.41, 5.74) is 0.885. The molecule has 1 amide bonds. The second-order valence-corrected chi connectivity index (χ2v) is 14.0. The van der Waals surface area contributed by atoms with E-state index in [9.17, 15) is 4.79 Å². The van der Waals surface area contributed by atoms with Gasteiger partial charge in [-0.15, -0.1) is 6.58 Å². The van der Waals surface area contributed by atoms with Gasteiger partial charge in [0.15, 0.2) is 0 Å². The standard InChI is InChI=1S/C21H32N2OSi/c1-6-19-13-18(9-8-12-25(3,4)5)14-20(19)16-23(17(2)24)21-10-7-11-22-15-21/h6-11,15,18-20H,1,12-14,16H2,2-5H3/b9-8+/t18-,19+,20?/m0/s1. The van der Waals surface area contributed by atoms with Crippen LogP contribution in [0.1, 0.15) is 19.8 Å². The summed E-state index contributed by atoms with van der Waals surface area (Å²) in [7, 11) is -1.02. The van der Waals surface area contributed by atoms with Crippen LogP contribution in [0.5, 0.6) is 0 Å². The van der Waals surface area contributed by atoms with Crippen molar-refractivity contribution in [1.82, 2.24) is 4.98 Å². The molecular formula is C21H32N2OSi. The fourth-order valence-electron chi connectivity index (χ4n) is 3.64. The predicted octanol–water partition coefficient (Wildman–Crippen LogP) is 5.16. The van der Waals surface area contributed by atoms with Crippen LogP contribution < -0.4 is 4.90 Å². The number of amides is 1. The summed E-state index contributed by atoms with van der Waals surface area (Å²) in [5.74, 6) is 1.61. The van der Waals surface area contributed by atoms with E-state index in [2.05, 4.69) is 49.4 Å². The summed E-state index contributed by atoms with van der Waals surface area (Å²) in [4.78, 5) is 18.2. The number of hydrogen-bond acceptors (Lipinski definition) is 2. The fraction of sp³-hybridized carbons (Fsp3) is 0.524. The topological polar surface area (TPSA) is 33.2 Å². The Balaban J connectivity index is 2.04. The molecule has 0 N–H and O–H groups in total. The van der Waals surface area contributed by atoms with Crippen molar-refractivity contribution in [3.05, 3.63) is 49.3 Å². The van der Waals surface area contributed by atoms with Gasteiger partial charge < -0.3 is 4.90 Å². The first-order chi connectivity index (χ1) is 11.8. The Labute approximate surface area is 153 Å². The quantitative estimate of drug-likeness (QED) is 0.499. The molecule has 0 bridgehead atoms. The van der Waals surface area contributed by atoms with Crippen molar-refractivity contribution < 1.29 is 4.79 Å². The predicted molar refractivity (Wildman–Crippen MR) is 109 cm³/mol. The Hall–Kier alpha value is -1.68. The average molecular weight is 357 g/mol. The molecule has 3 nitrogen and oxygen atoms in total. The highest BCUT2D eigenvalue weighted by Gasteiger charge is 2.33. The lowest BCUT2D eigenvalue weighted by Crippen LogP contribution is -2.34. The first-order valence-corrected chi connectivity index (χ1v) is 13.0. The Morgan fingerprint density at radius 1 is 1.40 bits per heavy atom. The molecule has 1 heterocycles. The number of aromatic nitrogens is 1. The van der Waals surface area contributed by atoms with E-state index < -0.39 is 8.07 Å². The summed E-state index contributed by atoms with van der Waals surface area (Å²) in [6.07, 6.45) is 12.7. The van der Waals surface area contributed by atoms with Crippen LogP contribution in [0.3, 0.4) is 0 Å². The molecule has 1 aliphatic rings. The normalized spacial score (nSPS) is 23.8. The van der Waals surface area contributed by atoms with Crippen LogP contribution in [-0.4, -0.2) is 25.5 Å². The van der Waals surface area contributed by atoms with Crippen molar-refractivity contribution >= 4 is 19.7 Å². The smallest absolute Gasteiger partial charge is 0.223 e. The second kappa shape index (κ2) is 8.61. The van der Waals surface area contributed by atoms with Gasteiger partial charge in [-0.3, -0.25) is 9.78 Å². The molecule has 2 rings (SSSR count). The number of carbonyl (C=O) groups is 1. The maximum absolute atomic E-state index is 12.2. The molecule has 3 atom stereocenters. The lowest BCUT2D eigenvalue weighted by atomic mass is 9.95. The minimum absolute atomic E-state index is 0.0773. The van der Waals surface area contributed by atoms with Gasteiger partial charge in [0.25, 0.3) is 0 Å². The highest BCUT2D eigenvalue weighted by molar-refractivity contribution is 6.76. The van der Waals surface area contributed by atoms with Gasteiger partial charge in [0.2, 0.25) is 5.91 Å². The minimum atomic E-state index is -1.02. The first kappa shape index (κ1) is 19.6. The van der Waals surface area contributed by atoms with Crippen LogP contribution in [-0.2, 0) is 4.79 Å². The maximum atomic E-state index is 12.2. The zero-order chi connectivity index (χ0) is 18.4. The van der Waals surface area contributed by atoms with E-state index >= 15 is 0 Å². The molecule has 0 spiro atoms. The van der Waals surface area contributed by atoms with Crippen LogP contribution in [0.2, 0.25) is 25.7 Å². The van der Waals surface area contributed by atoms with Gasteiger partial charge in [0.05, 0.1) is 11.9 Å². The number of rotatable bonds is 7. The number of nitrogens with zero attached hydrogens (tertiary/aromatic N) is 2. The van der Waals surface area contributed by atoms with E-state index in [1.54, 1.807) is 19.3 Å². The molecule has 0 aromatic carbocycles. The van der Waals surface area contributed by atoms with Gasteiger partial charge in [-0.2, -0.15) is 0 Å². The third-order valence-corrected chi connectivity index (χ3v) is 6.44. The van der Waals surface area contributed by atoms with E-state index in [-0.39, 0.29) is 5.91 Å². The van der Waals surface area contributed by atoms with E-state index in [4.69, 9.17) is 0 Å². The summed E-state index contributed by atoms with van der Waals surface area (Å²) < 4.78 is 0. The van der Waals surface area contributed by atoms with Crippen LogP contribution >= 0.6 is 0 Å². The lowest BCUT2D eigenvalue weighted by Gasteiger charge is -2.26. The molecule has 25 heavy (non-hydrogen) atoms. The summed E-state index contributed by atoms with van der Waals surface area (Å²) in [6.45, 7) is 13.6. The molecule has 1 unspecified atom stereocenters. The number of hydrogen-bond donors (Lipinski definition) is 0. The Morgan fingerprint density at radius 3 is 2.72 bits per heavy atom. The Kier molecular flexibility index (Phi) is 6.76. The van der Waals surface area contributed by atoms with Gasteiger partial charge >= 0.3 is 0 Å². The molecule has 1 aromatic heterocycles. The zero-order valence-electron chi connectivity index (χ0n) is 16.1. The second-order valence-electron chi connectivity index (χ2n) is 8.42. The van der Waals surface area contributed by atoms with Gasteiger partial charge in [0, 0.05) is 27.7 Å². The van der Waals surface area contributed by atoms with Crippen molar-refractivity contribution in [2.75, 3.05) is 11.4 Å². The molecule has 1 aliphatic carbocycles. The molecule has 1 aromatic rings. The van der Waals surface area contributed by atoms with Gasteiger partial charge in [-0.25, -0.2) is 0 Å². The number of anilines is 1. The molecule has 0 radical (unpaired) electrons. The van der Waals surface area contributed by atoms with Crippen molar-refractivity contribution in [3.8, 4) is 0 Å². The third kappa shape index (κ3) is 5.96. The minimum Gasteiger partial charge on any atom is -0.311 e. The monoisotopic (exact) mass is 356 g/mol. The average Bonchev–Trinajstić information content (AvgIpc) is 2.94. The van der Waals surface area contributed by atoms with E-state index in [0.29, 0.717) is 17.8 Å². The van der Waals surface area contributed by atoms with Gasteiger partial charge in [-0.05, 0) is 48.8 Å². The highest BCUT2D eigenvalue weighted by Crippen LogP contribution is 2.39. The largest absolute Gasteiger partial charge is 0.311 e. The SMILES string of the molecule is C=C[C@@H]1C[C@H](/C=C/C[Si](C)(C)C)CC1CN(C(C)=O)c1cccnc1. The molecule has 1 fully saturated rings. The molecule has 4 heteroatoms. The summed E-state index contributed by atoms with van der Waals surface area (Å²) in [5, 5.41) is 0. The number of pyridine rings is 1. The van der Waals surface area contributed by atoms with Crippen LogP contribution in [0, 0.1) is 17.8 Å². The first-order valence-electron chi connectivity index (χ1n) is 9.27. The van der Waals surface area contributed by atoms with E-state index in [1.807, 2.05) is 17.0 Å². The van der Waals surface area contributed by atoms with E-state index in [1.165, 1.54) is 6.04 Å². The van der Waals surface area contributed by atoms with Crippen molar-refractivity contribution in [2.24, 2.45) is 17.8 Å². The van der Waals surface area contributed by atoms with Gasteiger partial charge in [-0.1, -0.05) is 37.9 Å². The van der Waals surface area contributed by atoms with Crippen LogP contribution in [0.15, 0.2) is 49.3 Å². The number of allylic oxidation sites excluding steroid dienone is 3. The Morgan fingerprint density at radius 2 is 2.16 bits per heavy atom. The van der Waals surface area contributed by atoms with Crippen LogP contribution in [0.25, 0.3) is 0 Å². The lowest BCUT2D eigenvalue weighted by molar-refractivity contribution is -0.116. The van der Waals surface area contributed by atoms with Crippen LogP contribution in [0.4, 0.5) is 5.69 Å².